The van der Waals surface area contributed by atoms with Crippen LogP contribution in [-0.4, -0.2) is 0 Å². The third-order valence-electron chi connectivity index (χ3n) is 8.77. The molecule has 0 aliphatic heterocycles. The Hall–Kier alpha value is -5.86. The van der Waals surface area contributed by atoms with E-state index in [0.717, 1.165) is 42.7 Å². The molecule has 2 nitrogen and oxygen atoms in total. The Morgan fingerprint density at radius 3 is 1.23 bits per heavy atom. The summed E-state index contributed by atoms with van der Waals surface area (Å²) in [6.07, 6.45) is 24.6. The van der Waals surface area contributed by atoms with Crippen molar-refractivity contribution >= 4 is 40.6 Å². The van der Waals surface area contributed by atoms with E-state index in [0.29, 0.717) is 0 Å². The van der Waals surface area contributed by atoms with Gasteiger partial charge in [0.05, 0.1) is 0 Å². The van der Waals surface area contributed by atoms with Gasteiger partial charge in [-0.15, -0.1) is 0 Å². The summed E-state index contributed by atoms with van der Waals surface area (Å²) in [5, 5.41) is 0. The second kappa shape index (κ2) is 15.2. The summed E-state index contributed by atoms with van der Waals surface area (Å²) < 4.78 is 0. The van der Waals surface area contributed by atoms with Crippen molar-refractivity contribution in [2.24, 2.45) is 0 Å². The molecule has 0 amide bonds. The van der Waals surface area contributed by atoms with E-state index in [1.807, 2.05) is 0 Å². The van der Waals surface area contributed by atoms with Gasteiger partial charge in [-0.1, -0.05) is 127 Å². The van der Waals surface area contributed by atoms with Gasteiger partial charge in [-0.25, -0.2) is 0 Å². The van der Waals surface area contributed by atoms with Gasteiger partial charge in [0.1, 0.15) is 0 Å². The van der Waals surface area contributed by atoms with Crippen molar-refractivity contribution in [3.63, 3.8) is 0 Å². The highest BCUT2D eigenvalue weighted by molar-refractivity contribution is 5.77. The van der Waals surface area contributed by atoms with Crippen molar-refractivity contribution in [3.8, 4) is 0 Å². The Bertz CT molecular complexity index is 1940. The molecule has 0 saturated carbocycles. The molecule has 5 aromatic carbocycles. The molecule has 0 spiro atoms. The maximum atomic E-state index is 2.34. The molecule has 7 rings (SSSR count). The molecule has 2 aliphatic rings. The molecular weight excluding hydrogens is 581 g/mol. The van der Waals surface area contributed by atoms with Crippen LogP contribution >= 0.6 is 0 Å². The number of allylic oxidation sites excluding steroid dienone is 9. The monoisotopic (exact) mass is 620 g/mol. The lowest BCUT2D eigenvalue weighted by molar-refractivity contribution is 0.954. The molecule has 48 heavy (non-hydrogen) atoms. The van der Waals surface area contributed by atoms with Crippen molar-refractivity contribution in [2.75, 3.05) is 9.80 Å². The molecule has 0 atom stereocenters. The molecule has 5 aromatic rings. The number of anilines is 5. The zero-order valence-electron chi connectivity index (χ0n) is 27.2. The van der Waals surface area contributed by atoms with Crippen molar-refractivity contribution in [3.05, 3.63) is 210 Å². The summed E-state index contributed by atoms with van der Waals surface area (Å²) in [4.78, 5) is 4.63. The molecule has 234 valence electrons. The number of benzene rings is 5. The minimum atomic E-state index is 1.04. The fourth-order valence-corrected chi connectivity index (χ4v) is 6.21. The number of nitrogens with zero attached hydrogens (tertiary/aromatic N) is 2. The van der Waals surface area contributed by atoms with E-state index < -0.39 is 0 Å². The third kappa shape index (κ3) is 7.57. The molecule has 0 bridgehead atoms. The van der Waals surface area contributed by atoms with E-state index >= 15 is 0 Å². The molecular formula is C46H40N2. The smallest absolute Gasteiger partial charge is 0.0462 e. The van der Waals surface area contributed by atoms with Crippen LogP contribution in [0, 0.1) is 0 Å². The summed E-state index contributed by atoms with van der Waals surface area (Å²) in [6, 6.07) is 49.4. The second-order valence-electron chi connectivity index (χ2n) is 12.1. The largest absolute Gasteiger partial charge is 0.311 e. The molecule has 2 aliphatic carbocycles. The van der Waals surface area contributed by atoms with Crippen LogP contribution in [-0.2, 0) is 0 Å². The Kier molecular flexibility index (Phi) is 9.72. The van der Waals surface area contributed by atoms with Crippen LogP contribution in [0.1, 0.15) is 36.8 Å². The van der Waals surface area contributed by atoms with Crippen LogP contribution < -0.4 is 9.80 Å². The maximum absolute atomic E-state index is 2.34. The minimum absolute atomic E-state index is 1.04. The normalized spacial score (nSPS) is 14.5. The molecule has 0 fully saturated rings. The topological polar surface area (TPSA) is 6.48 Å². The van der Waals surface area contributed by atoms with Gasteiger partial charge in [0.25, 0.3) is 0 Å². The molecule has 0 heterocycles. The summed E-state index contributed by atoms with van der Waals surface area (Å²) in [5.41, 5.74) is 12.1. The van der Waals surface area contributed by atoms with Gasteiger partial charge in [0.2, 0.25) is 0 Å². The van der Waals surface area contributed by atoms with Gasteiger partial charge >= 0.3 is 0 Å². The molecule has 0 aromatic heterocycles. The maximum Gasteiger partial charge on any atom is 0.0462 e. The van der Waals surface area contributed by atoms with Crippen molar-refractivity contribution in [1.29, 1.82) is 0 Å². The van der Waals surface area contributed by atoms with Crippen LogP contribution in [0.25, 0.3) is 12.2 Å². The zero-order valence-corrected chi connectivity index (χ0v) is 27.2. The van der Waals surface area contributed by atoms with E-state index in [9.17, 15) is 0 Å². The van der Waals surface area contributed by atoms with Gasteiger partial charge in [-0.05, 0) is 115 Å². The van der Waals surface area contributed by atoms with Gasteiger partial charge in [0, 0.05) is 34.1 Å². The number of hydrogen-bond donors (Lipinski definition) is 0. The fraction of sp³-hybridized carbons (Fsp3) is 0.0870. The summed E-state index contributed by atoms with van der Waals surface area (Å²) in [5.74, 6) is 0. The zero-order chi connectivity index (χ0) is 32.4. The summed E-state index contributed by atoms with van der Waals surface area (Å²) in [6.45, 7) is 0. The van der Waals surface area contributed by atoms with E-state index in [1.54, 1.807) is 0 Å². The van der Waals surface area contributed by atoms with Crippen LogP contribution in [0.4, 0.5) is 28.4 Å². The van der Waals surface area contributed by atoms with Crippen LogP contribution in [0.15, 0.2) is 199 Å². The predicted octanol–water partition coefficient (Wildman–Crippen LogP) is 12.9. The predicted molar refractivity (Wildman–Crippen MR) is 206 cm³/mol. The SMILES string of the molecule is C1=CC(N(c2ccccc2)c2ccc(/C=C/C3=CC=C(/C=C/c4ccc(N(c5ccccc5)c5ccccc5)cc4)CC3)cc2)=CCC1. The fourth-order valence-electron chi connectivity index (χ4n) is 6.21. The van der Waals surface area contributed by atoms with Gasteiger partial charge in [-0.2, -0.15) is 0 Å². The van der Waals surface area contributed by atoms with Gasteiger partial charge < -0.3 is 9.80 Å². The standard InChI is InChI=1S/C46H40N2/c1-5-13-41(14-6-1)47(42-15-7-2-8-16-42)45-33-29-39(30-34-45)27-25-37-21-23-38(24-22-37)26-28-40-31-35-46(36-32-40)48(43-17-9-3-10-18-43)44-19-11-4-12-20-44/h1-3,5-11,13-21,23,25-36H,4,12,22,24H2/b27-25+,28-26+. The highest BCUT2D eigenvalue weighted by Crippen LogP contribution is 2.35. The lowest BCUT2D eigenvalue weighted by atomic mass is 9.96. The highest BCUT2D eigenvalue weighted by atomic mass is 15.1. The second-order valence-corrected chi connectivity index (χ2v) is 12.1. The van der Waals surface area contributed by atoms with Crippen molar-refractivity contribution in [1.82, 2.24) is 0 Å². The Morgan fingerprint density at radius 2 is 0.812 bits per heavy atom. The third-order valence-corrected chi connectivity index (χ3v) is 8.77. The van der Waals surface area contributed by atoms with Crippen molar-refractivity contribution < 1.29 is 0 Å². The Labute approximate surface area is 285 Å². The molecule has 0 saturated heterocycles. The average molecular weight is 621 g/mol. The Balaban J connectivity index is 1.00. The Morgan fingerprint density at radius 1 is 0.396 bits per heavy atom. The number of hydrogen-bond acceptors (Lipinski definition) is 2. The van der Waals surface area contributed by atoms with Gasteiger partial charge in [0.15, 0.2) is 0 Å². The van der Waals surface area contributed by atoms with E-state index in [-0.39, 0.29) is 0 Å². The average Bonchev–Trinajstić information content (AvgIpc) is 3.17. The number of para-hydroxylation sites is 3. The summed E-state index contributed by atoms with van der Waals surface area (Å²) >= 11 is 0. The first-order valence-corrected chi connectivity index (χ1v) is 16.9. The molecule has 0 unspecified atom stereocenters. The van der Waals surface area contributed by atoms with Crippen molar-refractivity contribution in [2.45, 2.75) is 25.7 Å². The van der Waals surface area contributed by atoms with Crippen LogP contribution in [0.5, 0.6) is 0 Å². The lowest BCUT2D eigenvalue weighted by Crippen LogP contribution is -2.16. The molecule has 0 radical (unpaired) electrons. The number of rotatable bonds is 10. The first-order valence-electron chi connectivity index (χ1n) is 16.9. The molecule has 0 N–H and O–H groups in total. The first kappa shape index (κ1) is 30.8. The van der Waals surface area contributed by atoms with E-state index in [4.69, 9.17) is 0 Å². The minimum Gasteiger partial charge on any atom is -0.311 e. The lowest BCUT2D eigenvalue weighted by Gasteiger charge is -2.27. The van der Waals surface area contributed by atoms with E-state index in [1.165, 1.54) is 39.3 Å². The first-order chi connectivity index (χ1) is 23.8. The highest BCUT2D eigenvalue weighted by Gasteiger charge is 2.14. The van der Waals surface area contributed by atoms with Crippen LogP contribution in [0.2, 0.25) is 0 Å². The van der Waals surface area contributed by atoms with Gasteiger partial charge in [-0.3, -0.25) is 0 Å². The van der Waals surface area contributed by atoms with E-state index in [2.05, 4.69) is 204 Å². The summed E-state index contributed by atoms with van der Waals surface area (Å²) in [7, 11) is 0. The molecule has 2 heteroatoms. The quantitative estimate of drug-likeness (QED) is 0.153. The van der Waals surface area contributed by atoms with Crippen LogP contribution in [0.3, 0.4) is 0 Å².